The minimum atomic E-state index is -1.38. The van der Waals surface area contributed by atoms with E-state index in [1.807, 2.05) is 0 Å². The van der Waals surface area contributed by atoms with Crippen LogP contribution < -0.4 is 21.1 Å². The van der Waals surface area contributed by atoms with Crippen LogP contribution in [0.1, 0.15) is 38.8 Å². The SMILES string of the molecule is COc1ccc(NC(=O)C(c2ccc(O)cc2)N(C)C(=O)C(CC(N)=O)NC(=O)OC(C)(C)C)cc1. The standard InChI is InChI=1S/C25H32N4O7/c1-25(2,3)36-24(34)28-19(14-20(26)31)23(33)29(4)21(15-6-10-17(30)11-7-15)22(32)27-16-8-12-18(35-5)13-9-16/h6-13,19,21,30H,14H2,1-5H3,(H2,26,31)(H,27,32)(H,28,34). The number of methoxy groups -OCH3 is 1. The second-order valence-corrected chi connectivity index (χ2v) is 9.03. The lowest BCUT2D eigenvalue weighted by atomic mass is 10.0. The number of rotatable bonds is 9. The first-order valence-corrected chi connectivity index (χ1v) is 11.1. The van der Waals surface area contributed by atoms with Gasteiger partial charge in [0.25, 0.3) is 5.91 Å². The average Bonchev–Trinajstić information content (AvgIpc) is 2.78. The molecule has 5 N–H and O–H groups in total. The van der Waals surface area contributed by atoms with Gasteiger partial charge in [0.05, 0.1) is 13.5 Å². The first-order chi connectivity index (χ1) is 16.8. The minimum Gasteiger partial charge on any atom is -0.508 e. The monoisotopic (exact) mass is 500 g/mol. The average molecular weight is 501 g/mol. The second kappa shape index (κ2) is 11.9. The molecule has 0 aliphatic heterocycles. The van der Waals surface area contributed by atoms with Gasteiger partial charge in [0, 0.05) is 12.7 Å². The maximum atomic E-state index is 13.4. The van der Waals surface area contributed by atoms with Crippen LogP contribution in [-0.2, 0) is 19.1 Å². The van der Waals surface area contributed by atoms with Crippen LogP contribution in [0.25, 0.3) is 0 Å². The number of alkyl carbamates (subject to hydrolysis) is 1. The van der Waals surface area contributed by atoms with Crippen molar-refractivity contribution in [3.8, 4) is 11.5 Å². The van der Waals surface area contributed by atoms with Crippen LogP contribution in [0, 0.1) is 0 Å². The summed E-state index contributed by atoms with van der Waals surface area (Å²) in [5.41, 5.74) is 5.29. The molecule has 11 nitrogen and oxygen atoms in total. The largest absolute Gasteiger partial charge is 0.508 e. The normalized spacial score (nSPS) is 12.6. The summed E-state index contributed by atoms with van der Waals surface area (Å²) in [5, 5.41) is 14.8. The van der Waals surface area contributed by atoms with Crippen LogP contribution in [0.2, 0.25) is 0 Å². The lowest BCUT2D eigenvalue weighted by Gasteiger charge is -2.31. The molecule has 194 valence electrons. The molecule has 0 saturated heterocycles. The van der Waals surface area contributed by atoms with Gasteiger partial charge in [-0.3, -0.25) is 14.4 Å². The predicted octanol–water partition coefficient (Wildman–Crippen LogP) is 2.31. The Labute approximate surface area is 209 Å². The molecule has 11 heteroatoms. The van der Waals surface area contributed by atoms with Gasteiger partial charge in [-0.05, 0) is 62.7 Å². The van der Waals surface area contributed by atoms with Crippen LogP contribution in [0.5, 0.6) is 11.5 Å². The third-order valence-electron chi connectivity index (χ3n) is 4.94. The molecule has 0 spiro atoms. The minimum absolute atomic E-state index is 0.0276. The lowest BCUT2D eigenvalue weighted by molar-refractivity contribution is -0.140. The number of carbonyl (C=O) groups is 4. The molecule has 0 aliphatic carbocycles. The number of primary amides is 1. The number of anilines is 1. The lowest BCUT2D eigenvalue weighted by Crippen LogP contribution is -2.52. The Bertz CT molecular complexity index is 1080. The second-order valence-electron chi connectivity index (χ2n) is 9.03. The van der Waals surface area contributed by atoms with Crippen molar-refractivity contribution in [3.63, 3.8) is 0 Å². The molecule has 36 heavy (non-hydrogen) atoms. The molecule has 2 unspecified atom stereocenters. The fourth-order valence-corrected chi connectivity index (χ4v) is 3.32. The van der Waals surface area contributed by atoms with Crippen molar-refractivity contribution >= 4 is 29.5 Å². The number of phenols is 1. The molecule has 0 saturated carbocycles. The first-order valence-electron chi connectivity index (χ1n) is 11.1. The van der Waals surface area contributed by atoms with Gasteiger partial charge >= 0.3 is 6.09 Å². The van der Waals surface area contributed by atoms with Crippen molar-refractivity contribution in [1.82, 2.24) is 10.2 Å². The van der Waals surface area contributed by atoms with Gasteiger partial charge < -0.3 is 35.8 Å². The molecule has 2 aromatic rings. The number of amides is 4. The summed E-state index contributed by atoms with van der Waals surface area (Å²) in [6.07, 6.45) is -1.43. The number of ether oxygens (including phenoxy) is 2. The quantitative estimate of drug-likeness (QED) is 0.411. The van der Waals surface area contributed by atoms with Crippen molar-refractivity contribution in [2.75, 3.05) is 19.5 Å². The van der Waals surface area contributed by atoms with E-state index in [-0.39, 0.29) is 5.75 Å². The molecule has 0 aliphatic rings. The number of likely N-dealkylation sites (N-methyl/N-ethyl adjacent to an activating group) is 1. The number of nitrogens with zero attached hydrogens (tertiary/aromatic N) is 1. The number of benzene rings is 2. The highest BCUT2D eigenvalue weighted by Gasteiger charge is 2.35. The molecule has 0 bridgehead atoms. The number of carbonyl (C=O) groups excluding carboxylic acids is 4. The van der Waals surface area contributed by atoms with Crippen LogP contribution >= 0.6 is 0 Å². The Morgan fingerprint density at radius 1 is 1.03 bits per heavy atom. The molecule has 0 aromatic heterocycles. The summed E-state index contributed by atoms with van der Waals surface area (Å²) in [5.74, 6) is -1.58. The zero-order valence-corrected chi connectivity index (χ0v) is 20.9. The molecule has 2 aromatic carbocycles. The maximum absolute atomic E-state index is 13.4. The van der Waals surface area contributed by atoms with E-state index >= 15 is 0 Å². The molecule has 4 amide bonds. The van der Waals surface area contributed by atoms with E-state index in [9.17, 15) is 24.3 Å². The van der Waals surface area contributed by atoms with E-state index in [0.29, 0.717) is 17.0 Å². The zero-order valence-electron chi connectivity index (χ0n) is 20.9. The van der Waals surface area contributed by atoms with Crippen LogP contribution in [0.15, 0.2) is 48.5 Å². The topological polar surface area (TPSA) is 160 Å². The van der Waals surface area contributed by atoms with Gasteiger partial charge in [0.2, 0.25) is 11.8 Å². The van der Waals surface area contributed by atoms with E-state index in [4.69, 9.17) is 15.2 Å². The number of hydrogen-bond acceptors (Lipinski definition) is 7. The third kappa shape index (κ3) is 8.19. The number of nitrogens with one attached hydrogen (secondary N) is 2. The van der Waals surface area contributed by atoms with Gasteiger partial charge in [-0.1, -0.05) is 12.1 Å². The predicted molar refractivity (Wildman–Crippen MR) is 132 cm³/mol. The number of phenolic OH excluding ortho intramolecular Hbond substituents is 1. The van der Waals surface area contributed by atoms with E-state index in [2.05, 4.69) is 10.6 Å². The smallest absolute Gasteiger partial charge is 0.408 e. The Kier molecular flexibility index (Phi) is 9.25. The number of nitrogens with two attached hydrogens (primary N) is 1. The molecule has 0 fully saturated rings. The first kappa shape index (κ1) is 28.0. The molecular formula is C25H32N4O7. The third-order valence-corrected chi connectivity index (χ3v) is 4.94. The fourth-order valence-electron chi connectivity index (χ4n) is 3.32. The zero-order chi connectivity index (χ0) is 27.0. The van der Waals surface area contributed by atoms with Gasteiger partial charge in [0.1, 0.15) is 29.2 Å². The number of hydrogen-bond donors (Lipinski definition) is 4. The van der Waals surface area contributed by atoms with Crippen molar-refractivity contribution < 1.29 is 33.8 Å². The van der Waals surface area contributed by atoms with Crippen LogP contribution in [0.4, 0.5) is 10.5 Å². The van der Waals surface area contributed by atoms with Crippen molar-refractivity contribution in [2.24, 2.45) is 5.73 Å². The van der Waals surface area contributed by atoms with Crippen LogP contribution in [0.3, 0.4) is 0 Å². The summed E-state index contributed by atoms with van der Waals surface area (Å²) in [4.78, 5) is 51.8. The molecule has 0 heterocycles. The van der Waals surface area contributed by atoms with Crippen molar-refractivity contribution in [3.05, 3.63) is 54.1 Å². The Balaban J connectivity index is 2.36. The van der Waals surface area contributed by atoms with Crippen molar-refractivity contribution in [1.29, 1.82) is 0 Å². The van der Waals surface area contributed by atoms with Crippen molar-refractivity contribution in [2.45, 2.75) is 44.9 Å². The van der Waals surface area contributed by atoms with Gasteiger partial charge in [-0.15, -0.1) is 0 Å². The molecule has 2 rings (SSSR count). The summed E-state index contributed by atoms with van der Waals surface area (Å²) in [7, 11) is 2.88. The maximum Gasteiger partial charge on any atom is 0.408 e. The molecule has 2 atom stereocenters. The highest BCUT2D eigenvalue weighted by molar-refractivity contribution is 5.99. The Morgan fingerprint density at radius 3 is 2.11 bits per heavy atom. The van der Waals surface area contributed by atoms with E-state index < -0.39 is 47.9 Å². The Hall–Kier alpha value is -4.28. The molecule has 0 radical (unpaired) electrons. The van der Waals surface area contributed by atoms with E-state index in [1.54, 1.807) is 45.0 Å². The fraction of sp³-hybridized carbons (Fsp3) is 0.360. The van der Waals surface area contributed by atoms with Gasteiger partial charge in [-0.2, -0.15) is 0 Å². The summed E-state index contributed by atoms with van der Waals surface area (Å²) in [6.45, 7) is 4.94. The molecular weight excluding hydrogens is 468 g/mol. The summed E-state index contributed by atoms with van der Waals surface area (Å²) < 4.78 is 10.3. The van der Waals surface area contributed by atoms with E-state index in [0.717, 1.165) is 4.90 Å². The van der Waals surface area contributed by atoms with Gasteiger partial charge in [0.15, 0.2) is 0 Å². The summed E-state index contributed by atoms with van der Waals surface area (Å²) >= 11 is 0. The summed E-state index contributed by atoms with van der Waals surface area (Å²) in [6, 6.07) is 9.75. The highest BCUT2D eigenvalue weighted by Crippen LogP contribution is 2.25. The van der Waals surface area contributed by atoms with E-state index in [1.165, 1.54) is 38.4 Å². The highest BCUT2D eigenvalue weighted by atomic mass is 16.6. The van der Waals surface area contributed by atoms with Crippen LogP contribution in [-0.4, -0.2) is 59.6 Å². The Morgan fingerprint density at radius 2 is 1.61 bits per heavy atom. The number of aromatic hydroxyl groups is 1. The van der Waals surface area contributed by atoms with Gasteiger partial charge in [-0.25, -0.2) is 4.79 Å².